The van der Waals surface area contributed by atoms with Gasteiger partial charge in [0.25, 0.3) is 5.91 Å². The number of halogens is 1. The molecule has 6 nitrogen and oxygen atoms in total. The summed E-state index contributed by atoms with van der Waals surface area (Å²) in [6.07, 6.45) is 0. The fourth-order valence-corrected chi connectivity index (χ4v) is 2.33. The van der Waals surface area contributed by atoms with Crippen LogP contribution in [0.2, 0.25) is 0 Å². The molecule has 7 heteroatoms. The van der Waals surface area contributed by atoms with Crippen molar-refractivity contribution in [2.24, 2.45) is 0 Å². The minimum absolute atomic E-state index is 0. The van der Waals surface area contributed by atoms with Crippen LogP contribution in [0.25, 0.3) is 0 Å². The van der Waals surface area contributed by atoms with Crippen molar-refractivity contribution in [3.8, 4) is 17.2 Å². The second kappa shape index (κ2) is 10.4. The van der Waals surface area contributed by atoms with Crippen LogP contribution in [0.15, 0.2) is 36.4 Å². The molecule has 0 aliphatic rings. The van der Waals surface area contributed by atoms with E-state index in [-0.39, 0.29) is 18.3 Å². The zero-order chi connectivity index (χ0) is 18.2. The third-order valence-corrected chi connectivity index (χ3v) is 3.38. The van der Waals surface area contributed by atoms with Crippen molar-refractivity contribution < 1.29 is 19.0 Å². The highest BCUT2D eigenvalue weighted by Crippen LogP contribution is 2.39. The molecule has 0 aliphatic carbocycles. The lowest BCUT2D eigenvalue weighted by atomic mass is 10.1. The average molecular weight is 381 g/mol. The number of nitrogens with one attached hydrogen (secondary N) is 1. The molecule has 26 heavy (non-hydrogen) atoms. The third kappa shape index (κ3) is 5.20. The number of carbonyl (C=O) groups excluding carboxylic acids is 1. The molecule has 3 N–H and O–H groups in total. The van der Waals surface area contributed by atoms with Gasteiger partial charge in [-0.1, -0.05) is 12.1 Å². The zero-order valence-electron chi connectivity index (χ0n) is 15.2. The van der Waals surface area contributed by atoms with Crippen molar-refractivity contribution in [2.75, 3.05) is 30.9 Å². The van der Waals surface area contributed by atoms with Crippen LogP contribution in [0.3, 0.4) is 0 Å². The van der Waals surface area contributed by atoms with Crippen LogP contribution < -0.4 is 25.3 Å². The van der Waals surface area contributed by atoms with Crippen LogP contribution in [0.1, 0.15) is 31.1 Å². The fraction of sp³-hybridized carbons (Fsp3) is 0.316. The standard InChI is InChI=1S/C19H24N2O4.ClH/c1-4-23-16-11-13(12-17(24-5-2)18(16)25-6-3)19(22)21-15-10-8-7-9-14(15)20;/h7-12H,4-6,20H2,1-3H3,(H,21,22);1H. The Morgan fingerprint density at radius 1 is 0.962 bits per heavy atom. The van der Waals surface area contributed by atoms with Gasteiger partial charge >= 0.3 is 0 Å². The molecular formula is C19H25ClN2O4. The molecule has 2 rings (SSSR count). The lowest BCUT2D eigenvalue weighted by Crippen LogP contribution is -2.14. The lowest BCUT2D eigenvalue weighted by molar-refractivity contribution is 0.102. The van der Waals surface area contributed by atoms with Gasteiger partial charge < -0.3 is 25.3 Å². The molecule has 0 saturated heterocycles. The summed E-state index contributed by atoms with van der Waals surface area (Å²) in [4.78, 5) is 12.6. The Bertz CT molecular complexity index is 710. The largest absolute Gasteiger partial charge is 0.490 e. The molecule has 0 bridgehead atoms. The summed E-state index contributed by atoms with van der Waals surface area (Å²) in [6, 6.07) is 10.4. The van der Waals surface area contributed by atoms with Crippen molar-refractivity contribution in [1.29, 1.82) is 0 Å². The molecule has 0 spiro atoms. The molecule has 0 atom stereocenters. The smallest absolute Gasteiger partial charge is 0.255 e. The van der Waals surface area contributed by atoms with Gasteiger partial charge in [0.05, 0.1) is 31.2 Å². The van der Waals surface area contributed by atoms with Crippen LogP contribution in [0.5, 0.6) is 17.2 Å². The maximum absolute atomic E-state index is 12.6. The van der Waals surface area contributed by atoms with E-state index in [0.29, 0.717) is 54.0 Å². The van der Waals surface area contributed by atoms with Crippen LogP contribution in [0.4, 0.5) is 11.4 Å². The van der Waals surface area contributed by atoms with Crippen molar-refractivity contribution >= 4 is 29.7 Å². The van der Waals surface area contributed by atoms with Crippen molar-refractivity contribution in [1.82, 2.24) is 0 Å². The van der Waals surface area contributed by atoms with Gasteiger partial charge in [0.15, 0.2) is 11.5 Å². The van der Waals surface area contributed by atoms with Crippen LogP contribution >= 0.6 is 12.4 Å². The van der Waals surface area contributed by atoms with Crippen LogP contribution in [-0.2, 0) is 0 Å². The predicted molar refractivity (Wildman–Crippen MR) is 106 cm³/mol. The first-order chi connectivity index (χ1) is 12.1. The highest BCUT2D eigenvalue weighted by molar-refractivity contribution is 6.06. The molecule has 1 amide bonds. The highest BCUT2D eigenvalue weighted by atomic mass is 35.5. The monoisotopic (exact) mass is 380 g/mol. The van der Waals surface area contributed by atoms with Gasteiger partial charge in [-0.15, -0.1) is 12.4 Å². The number of carbonyl (C=O) groups is 1. The van der Waals surface area contributed by atoms with Gasteiger partial charge in [-0.05, 0) is 45.0 Å². The highest BCUT2D eigenvalue weighted by Gasteiger charge is 2.18. The Balaban J connectivity index is 0.00000338. The molecule has 0 radical (unpaired) electrons. The number of rotatable bonds is 8. The van der Waals surface area contributed by atoms with E-state index in [4.69, 9.17) is 19.9 Å². The average Bonchev–Trinajstić information content (AvgIpc) is 2.60. The molecular weight excluding hydrogens is 356 g/mol. The first kappa shape index (κ1) is 21.4. The molecule has 0 saturated carbocycles. The molecule has 0 heterocycles. The van der Waals surface area contributed by atoms with Gasteiger partial charge in [0.2, 0.25) is 5.75 Å². The molecule has 0 unspecified atom stereocenters. The van der Waals surface area contributed by atoms with E-state index >= 15 is 0 Å². The molecule has 0 aromatic heterocycles. The SMILES string of the molecule is CCOc1cc(C(=O)Nc2ccccc2N)cc(OCC)c1OCC.Cl. The summed E-state index contributed by atoms with van der Waals surface area (Å²) in [5.74, 6) is 1.15. The van der Waals surface area contributed by atoms with Crippen molar-refractivity contribution in [2.45, 2.75) is 20.8 Å². The number of amides is 1. The van der Waals surface area contributed by atoms with E-state index in [9.17, 15) is 4.79 Å². The Morgan fingerprint density at radius 3 is 2.00 bits per heavy atom. The zero-order valence-corrected chi connectivity index (χ0v) is 16.0. The molecule has 2 aromatic rings. The topological polar surface area (TPSA) is 82.8 Å². The van der Waals surface area contributed by atoms with Gasteiger partial charge in [-0.2, -0.15) is 0 Å². The normalized spacial score (nSPS) is 9.81. The summed E-state index contributed by atoms with van der Waals surface area (Å²) >= 11 is 0. The fourth-order valence-electron chi connectivity index (χ4n) is 2.33. The first-order valence-corrected chi connectivity index (χ1v) is 8.32. The second-order valence-corrected chi connectivity index (χ2v) is 5.14. The first-order valence-electron chi connectivity index (χ1n) is 8.32. The second-order valence-electron chi connectivity index (χ2n) is 5.14. The summed E-state index contributed by atoms with van der Waals surface area (Å²) in [6.45, 7) is 6.97. The maximum Gasteiger partial charge on any atom is 0.255 e. The van der Waals surface area contributed by atoms with Gasteiger partial charge in [-0.25, -0.2) is 0 Å². The van der Waals surface area contributed by atoms with E-state index in [1.54, 1.807) is 30.3 Å². The van der Waals surface area contributed by atoms with E-state index in [1.165, 1.54) is 0 Å². The molecule has 0 fully saturated rings. The predicted octanol–water partition coefficient (Wildman–Crippen LogP) is 4.14. The number of hydrogen-bond donors (Lipinski definition) is 2. The number of ether oxygens (including phenoxy) is 3. The van der Waals surface area contributed by atoms with Gasteiger partial charge in [0, 0.05) is 5.56 Å². The van der Waals surface area contributed by atoms with Crippen LogP contribution in [0, 0.1) is 0 Å². The summed E-state index contributed by atoms with van der Waals surface area (Å²) in [5.41, 5.74) is 7.33. The number of nitrogens with two attached hydrogens (primary N) is 1. The number of nitrogen functional groups attached to an aromatic ring is 1. The van der Waals surface area contributed by atoms with E-state index < -0.39 is 0 Å². The molecule has 0 aliphatic heterocycles. The summed E-state index contributed by atoms with van der Waals surface area (Å²) in [5, 5.41) is 2.80. The van der Waals surface area contributed by atoms with Crippen LogP contribution in [-0.4, -0.2) is 25.7 Å². The van der Waals surface area contributed by atoms with E-state index in [0.717, 1.165) is 0 Å². The Labute approximate surface area is 160 Å². The van der Waals surface area contributed by atoms with E-state index in [2.05, 4.69) is 5.32 Å². The number of hydrogen-bond acceptors (Lipinski definition) is 5. The van der Waals surface area contributed by atoms with Crippen molar-refractivity contribution in [3.05, 3.63) is 42.0 Å². The third-order valence-electron chi connectivity index (χ3n) is 3.38. The number of anilines is 2. The minimum Gasteiger partial charge on any atom is -0.490 e. The minimum atomic E-state index is -0.303. The molecule has 2 aromatic carbocycles. The maximum atomic E-state index is 12.6. The van der Waals surface area contributed by atoms with Gasteiger partial charge in [-0.3, -0.25) is 4.79 Å². The Morgan fingerprint density at radius 2 is 1.50 bits per heavy atom. The molecule has 142 valence electrons. The summed E-state index contributed by atoms with van der Waals surface area (Å²) < 4.78 is 16.9. The van der Waals surface area contributed by atoms with Gasteiger partial charge in [0.1, 0.15) is 0 Å². The quantitative estimate of drug-likeness (QED) is 0.672. The Kier molecular flexibility index (Phi) is 8.58. The van der Waals surface area contributed by atoms with Crippen molar-refractivity contribution in [3.63, 3.8) is 0 Å². The summed E-state index contributed by atoms with van der Waals surface area (Å²) in [7, 11) is 0. The Hall–Kier alpha value is -2.60. The lowest BCUT2D eigenvalue weighted by Gasteiger charge is -2.17. The number of para-hydroxylation sites is 2. The van der Waals surface area contributed by atoms with E-state index in [1.807, 2.05) is 26.8 Å². The number of benzene rings is 2.